The maximum Gasteiger partial charge on any atom is 0.155 e. The summed E-state index contributed by atoms with van der Waals surface area (Å²) in [6.45, 7) is 0. The van der Waals surface area contributed by atoms with Gasteiger partial charge < -0.3 is 14.0 Å². The van der Waals surface area contributed by atoms with E-state index in [9.17, 15) is 4.39 Å². The van der Waals surface area contributed by atoms with E-state index < -0.39 is 0 Å². The number of fused-ring (bicyclic) bond motifs is 4. The topological polar surface area (TPSA) is 56.7 Å². The maximum atomic E-state index is 14.7. The van der Waals surface area contributed by atoms with Gasteiger partial charge in [0.2, 0.25) is 0 Å². The number of hydrogen-bond acceptors (Lipinski definition) is 4. The van der Waals surface area contributed by atoms with Crippen molar-refractivity contribution in [2.75, 3.05) is 0 Å². The van der Waals surface area contributed by atoms with Crippen molar-refractivity contribution in [2.45, 2.75) is 0 Å². The van der Waals surface area contributed by atoms with Gasteiger partial charge in [0.25, 0.3) is 0 Å². The molecule has 4 heterocycles. The molecule has 0 spiro atoms. The normalized spacial score (nSPS) is 10.8. The van der Waals surface area contributed by atoms with Gasteiger partial charge in [-0.15, -0.1) is 48.0 Å². The van der Waals surface area contributed by atoms with Crippen molar-refractivity contribution in [3.63, 3.8) is 0 Å². The predicted octanol–water partition coefficient (Wildman–Crippen LogP) is 8.47. The molecule has 8 aromatic rings. The second-order valence-electron chi connectivity index (χ2n) is 9.26. The largest absolute Gasteiger partial charge is 0.500 e. The van der Waals surface area contributed by atoms with E-state index in [-0.39, 0.29) is 25.9 Å². The summed E-state index contributed by atoms with van der Waals surface area (Å²) in [5.74, 6) is 0.239. The number of halogens is 1. The zero-order valence-electron chi connectivity index (χ0n) is 22.0. The molecule has 0 N–H and O–H groups in total. The average Bonchev–Trinajstić information content (AvgIpc) is 3.63. The van der Waals surface area contributed by atoms with E-state index in [1.165, 1.54) is 6.07 Å². The Labute approximate surface area is 254 Å². The Hall–Kier alpha value is -4.97. The molecular formula is C35H21FIrN4O-2. The molecule has 0 atom stereocenters. The summed E-state index contributed by atoms with van der Waals surface area (Å²) in [5, 5.41) is 1.17. The second-order valence-corrected chi connectivity index (χ2v) is 9.26. The van der Waals surface area contributed by atoms with Crippen LogP contribution in [0.1, 0.15) is 0 Å². The molecule has 0 aliphatic rings. The Morgan fingerprint density at radius 1 is 0.738 bits per heavy atom. The third kappa shape index (κ3) is 5.00. The maximum absolute atomic E-state index is 14.7. The van der Waals surface area contributed by atoms with Crippen LogP contribution < -0.4 is 0 Å². The molecule has 0 fully saturated rings. The third-order valence-electron chi connectivity index (χ3n) is 6.71. The Balaban J connectivity index is 0.000000205. The number of para-hydroxylation sites is 2. The van der Waals surface area contributed by atoms with Crippen LogP contribution in [-0.2, 0) is 20.1 Å². The number of rotatable bonds is 3. The predicted molar refractivity (Wildman–Crippen MR) is 159 cm³/mol. The number of imidazole rings is 1. The fourth-order valence-corrected chi connectivity index (χ4v) is 4.87. The molecule has 0 saturated heterocycles. The van der Waals surface area contributed by atoms with Crippen LogP contribution in [0.15, 0.2) is 132 Å². The monoisotopic (exact) mass is 725 g/mol. The molecule has 5 nitrogen and oxygen atoms in total. The quantitative estimate of drug-likeness (QED) is 0.172. The molecule has 0 bridgehead atoms. The van der Waals surface area contributed by atoms with E-state index in [4.69, 9.17) is 9.40 Å². The molecule has 42 heavy (non-hydrogen) atoms. The van der Waals surface area contributed by atoms with Gasteiger partial charge in [-0.05, 0) is 47.5 Å². The van der Waals surface area contributed by atoms with Crippen molar-refractivity contribution >= 4 is 33.1 Å². The van der Waals surface area contributed by atoms with Crippen LogP contribution in [0, 0.1) is 17.9 Å². The molecule has 1 radical (unpaired) electrons. The fraction of sp³-hybridized carbons (Fsp3) is 0. The van der Waals surface area contributed by atoms with E-state index in [1.807, 2.05) is 114 Å². The molecule has 7 heteroatoms. The zero-order valence-corrected chi connectivity index (χ0v) is 24.4. The minimum Gasteiger partial charge on any atom is -0.500 e. The van der Waals surface area contributed by atoms with Gasteiger partial charge in [0.15, 0.2) is 5.65 Å². The second kappa shape index (κ2) is 11.9. The first kappa shape index (κ1) is 27.2. The number of hydrogen-bond donors (Lipinski definition) is 0. The molecule has 0 amide bonds. The van der Waals surface area contributed by atoms with Crippen molar-refractivity contribution in [3.8, 4) is 28.3 Å². The molecule has 4 aromatic carbocycles. The summed E-state index contributed by atoms with van der Waals surface area (Å²) in [6, 6.07) is 42.2. The smallest absolute Gasteiger partial charge is 0.155 e. The minimum atomic E-state index is -0.366. The van der Waals surface area contributed by atoms with E-state index in [0.29, 0.717) is 27.9 Å². The van der Waals surface area contributed by atoms with Crippen LogP contribution in [-0.4, -0.2) is 19.5 Å². The van der Waals surface area contributed by atoms with E-state index >= 15 is 0 Å². The van der Waals surface area contributed by atoms with E-state index in [0.717, 1.165) is 33.5 Å². The molecular weight excluding hydrogens is 704 g/mol. The van der Waals surface area contributed by atoms with Gasteiger partial charge in [-0.2, -0.15) is 0 Å². The first-order valence-electron chi connectivity index (χ1n) is 13.1. The van der Waals surface area contributed by atoms with Gasteiger partial charge in [-0.1, -0.05) is 54.1 Å². The summed E-state index contributed by atoms with van der Waals surface area (Å²) in [4.78, 5) is 13.5. The molecule has 0 unspecified atom stereocenters. The molecule has 8 rings (SSSR count). The van der Waals surface area contributed by atoms with Gasteiger partial charge in [0.05, 0.1) is 16.9 Å². The van der Waals surface area contributed by atoms with Crippen molar-refractivity contribution in [2.24, 2.45) is 0 Å². The SMILES string of the molecule is Fc1c[c-]c(-c2nc3cccnc3n2-c2ccccc2)c2oc3ccccc3c12.[Ir].[c-]1ccccc1-c1ccccn1. The number of furan rings is 1. The first-order valence-corrected chi connectivity index (χ1v) is 13.1. The van der Waals surface area contributed by atoms with Crippen LogP contribution >= 0.6 is 0 Å². The van der Waals surface area contributed by atoms with Crippen molar-refractivity contribution in [1.82, 2.24) is 19.5 Å². The van der Waals surface area contributed by atoms with E-state index in [1.54, 1.807) is 12.4 Å². The van der Waals surface area contributed by atoms with Crippen molar-refractivity contribution in [1.29, 1.82) is 0 Å². The van der Waals surface area contributed by atoms with Gasteiger partial charge in [-0.25, -0.2) is 4.98 Å². The van der Waals surface area contributed by atoms with Crippen molar-refractivity contribution < 1.29 is 28.9 Å². The minimum absolute atomic E-state index is 0. The summed E-state index contributed by atoms with van der Waals surface area (Å²) in [7, 11) is 0. The van der Waals surface area contributed by atoms with E-state index in [2.05, 4.69) is 22.1 Å². The van der Waals surface area contributed by atoms with Crippen LogP contribution in [0.4, 0.5) is 4.39 Å². The Morgan fingerprint density at radius 2 is 1.52 bits per heavy atom. The molecule has 4 aromatic heterocycles. The fourth-order valence-electron chi connectivity index (χ4n) is 4.87. The van der Waals surface area contributed by atoms with Gasteiger partial charge in [-0.3, -0.25) is 9.37 Å². The van der Waals surface area contributed by atoms with Crippen LogP contribution in [0.3, 0.4) is 0 Å². The Bertz CT molecular complexity index is 2070. The average molecular weight is 725 g/mol. The summed E-state index contributed by atoms with van der Waals surface area (Å²) < 4.78 is 22.8. The molecule has 0 saturated carbocycles. The number of benzene rings is 4. The zero-order chi connectivity index (χ0) is 27.6. The number of nitrogens with zero attached hydrogens (tertiary/aromatic N) is 4. The van der Waals surface area contributed by atoms with Gasteiger partial charge in [0.1, 0.15) is 5.58 Å². The molecule has 0 aliphatic carbocycles. The van der Waals surface area contributed by atoms with Crippen molar-refractivity contribution in [3.05, 3.63) is 146 Å². The summed E-state index contributed by atoms with van der Waals surface area (Å²) in [6.07, 6.45) is 3.52. The van der Waals surface area contributed by atoms with Crippen LogP contribution in [0.25, 0.3) is 61.4 Å². The number of pyridine rings is 2. The van der Waals surface area contributed by atoms with Gasteiger partial charge in [0, 0.05) is 49.4 Å². The standard InChI is InChI=1S/C24H13FN3O.C11H8N.Ir/c25-18-13-12-17(22-21(18)16-9-4-5-11-20(16)29-22)23-27-19-10-6-14-26-24(19)28(23)15-7-2-1-3-8-15;1-2-6-10(7-3-1)11-8-4-5-9-12-11;/h1-11,13-14H;1-6,8-9H;/q2*-1;. The molecule has 205 valence electrons. The number of aromatic nitrogens is 4. The van der Waals surface area contributed by atoms with Crippen LogP contribution in [0.2, 0.25) is 0 Å². The Morgan fingerprint density at radius 3 is 2.33 bits per heavy atom. The van der Waals surface area contributed by atoms with Gasteiger partial charge >= 0.3 is 0 Å². The molecule has 0 aliphatic heterocycles. The summed E-state index contributed by atoms with van der Waals surface area (Å²) >= 11 is 0. The summed E-state index contributed by atoms with van der Waals surface area (Å²) in [5.41, 5.74) is 6.03. The third-order valence-corrected chi connectivity index (χ3v) is 6.71. The van der Waals surface area contributed by atoms with Crippen LogP contribution in [0.5, 0.6) is 0 Å². The Kier molecular flexibility index (Phi) is 7.69. The first-order chi connectivity index (χ1) is 20.3.